The van der Waals surface area contributed by atoms with E-state index in [-0.39, 0.29) is 12.1 Å². The molecule has 1 rings (SSSR count). The highest BCUT2D eigenvalue weighted by molar-refractivity contribution is 5.89. The first kappa shape index (κ1) is 13.5. The Kier molecular flexibility index (Phi) is 5.49. The second kappa shape index (κ2) is 6.91. The van der Waals surface area contributed by atoms with Crippen LogP contribution in [0.15, 0.2) is 24.3 Å². The molecule has 0 radical (unpaired) electrons. The van der Waals surface area contributed by atoms with Crippen molar-refractivity contribution in [2.24, 2.45) is 0 Å². The summed E-state index contributed by atoms with van der Waals surface area (Å²) in [6.07, 6.45) is -0.0200. The third-order valence-electron chi connectivity index (χ3n) is 2.10. The summed E-state index contributed by atoms with van der Waals surface area (Å²) in [4.78, 5) is 11.4. The van der Waals surface area contributed by atoms with E-state index >= 15 is 0 Å². The van der Waals surface area contributed by atoms with E-state index in [9.17, 15) is 4.79 Å². The molecule has 94 valence electrons. The Bertz CT molecular complexity index is 345. The van der Waals surface area contributed by atoms with Crippen LogP contribution in [0.5, 0.6) is 5.75 Å². The summed E-state index contributed by atoms with van der Waals surface area (Å²) < 4.78 is 15.4. The highest BCUT2D eigenvalue weighted by Crippen LogP contribution is 2.14. The van der Waals surface area contributed by atoms with Gasteiger partial charge in [-0.25, -0.2) is 4.79 Å². The zero-order valence-corrected chi connectivity index (χ0v) is 10.4. The van der Waals surface area contributed by atoms with E-state index in [4.69, 9.17) is 14.2 Å². The Morgan fingerprint density at radius 3 is 2.47 bits per heavy atom. The van der Waals surface area contributed by atoms with Crippen molar-refractivity contribution < 1.29 is 19.0 Å². The van der Waals surface area contributed by atoms with E-state index in [1.807, 2.05) is 6.92 Å². The number of rotatable bonds is 6. The summed E-state index contributed by atoms with van der Waals surface area (Å²) in [6.45, 7) is 4.60. The van der Waals surface area contributed by atoms with Crippen LogP contribution in [0, 0.1) is 0 Å². The van der Waals surface area contributed by atoms with Crippen molar-refractivity contribution in [1.29, 1.82) is 0 Å². The van der Waals surface area contributed by atoms with Crippen LogP contribution >= 0.6 is 0 Å². The van der Waals surface area contributed by atoms with Gasteiger partial charge in [0.25, 0.3) is 0 Å². The first-order valence-electron chi connectivity index (χ1n) is 5.60. The van der Waals surface area contributed by atoms with E-state index in [1.165, 1.54) is 0 Å². The van der Waals surface area contributed by atoms with E-state index in [0.29, 0.717) is 24.5 Å². The average Bonchev–Trinajstić information content (AvgIpc) is 2.30. The highest BCUT2D eigenvalue weighted by atomic mass is 16.5. The van der Waals surface area contributed by atoms with Crippen LogP contribution in [0.1, 0.15) is 24.2 Å². The van der Waals surface area contributed by atoms with Crippen molar-refractivity contribution in [3.8, 4) is 5.75 Å². The summed E-state index contributed by atoms with van der Waals surface area (Å²) in [6, 6.07) is 6.87. The molecular formula is C13H18O4. The maximum absolute atomic E-state index is 11.4. The lowest BCUT2D eigenvalue weighted by Gasteiger charge is -2.13. The Labute approximate surface area is 101 Å². The molecule has 0 heterocycles. The molecule has 0 spiro atoms. The van der Waals surface area contributed by atoms with Gasteiger partial charge in [0.05, 0.1) is 18.8 Å². The molecule has 0 fully saturated rings. The van der Waals surface area contributed by atoms with E-state index in [2.05, 4.69) is 0 Å². The fraction of sp³-hybridized carbons (Fsp3) is 0.462. The fourth-order valence-electron chi connectivity index (χ4n) is 1.39. The van der Waals surface area contributed by atoms with Crippen molar-refractivity contribution in [1.82, 2.24) is 0 Å². The van der Waals surface area contributed by atoms with Crippen molar-refractivity contribution in [2.45, 2.75) is 20.0 Å². The van der Waals surface area contributed by atoms with E-state index in [0.717, 1.165) is 0 Å². The summed E-state index contributed by atoms with van der Waals surface area (Å²) in [5.74, 6) is 0.395. The zero-order chi connectivity index (χ0) is 12.7. The van der Waals surface area contributed by atoms with Gasteiger partial charge in [0, 0.05) is 7.11 Å². The van der Waals surface area contributed by atoms with Gasteiger partial charge >= 0.3 is 5.97 Å². The monoisotopic (exact) mass is 238 g/mol. The molecule has 4 nitrogen and oxygen atoms in total. The van der Waals surface area contributed by atoms with Gasteiger partial charge < -0.3 is 14.2 Å². The van der Waals surface area contributed by atoms with Gasteiger partial charge in [-0.2, -0.15) is 0 Å². The minimum absolute atomic E-state index is 0.0200. The molecule has 0 aliphatic rings. The second-order valence-electron chi connectivity index (χ2n) is 3.63. The van der Waals surface area contributed by atoms with Crippen LogP contribution in [0.2, 0.25) is 0 Å². The number of methoxy groups -OCH3 is 1. The fourth-order valence-corrected chi connectivity index (χ4v) is 1.39. The maximum atomic E-state index is 11.4. The molecule has 0 aromatic heterocycles. The van der Waals surface area contributed by atoms with Gasteiger partial charge in [-0.05, 0) is 38.1 Å². The second-order valence-corrected chi connectivity index (χ2v) is 3.63. The number of esters is 1. The molecule has 0 aliphatic heterocycles. The smallest absolute Gasteiger partial charge is 0.338 e. The molecule has 17 heavy (non-hydrogen) atoms. The number of ether oxygens (including phenoxy) is 3. The van der Waals surface area contributed by atoms with Crippen LogP contribution in [-0.2, 0) is 9.47 Å². The predicted octanol–water partition coefficient (Wildman–Crippen LogP) is 2.28. The molecule has 0 bridgehead atoms. The molecule has 1 aromatic carbocycles. The van der Waals surface area contributed by atoms with Gasteiger partial charge in [-0.3, -0.25) is 0 Å². The Hall–Kier alpha value is -1.55. The molecule has 0 N–H and O–H groups in total. The summed E-state index contributed by atoms with van der Waals surface area (Å²) in [7, 11) is 1.63. The predicted molar refractivity (Wildman–Crippen MR) is 64.4 cm³/mol. The first-order chi connectivity index (χ1) is 8.17. The largest absolute Gasteiger partial charge is 0.488 e. The molecule has 1 unspecified atom stereocenters. The topological polar surface area (TPSA) is 44.8 Å². The molecule has 0 amide bonds. The van der Waals surface area contributed by atoms with Crippen LogP contribution in [0.25, 0.3) is 0 Å². The normalized spacial score (nSPS) is 11.9. The number of carbonyl (C=O) groups excluding carboxylic acids is 1. The Balaban J connectivity index is 2.58. The van der Waals surface area contributed by atoms with E-state index in [1.54, 1.807) is 38.3 Å². The Morgan fingerprint density at radius 1 is 1.29 bits per heavy atom. The molecular weight excluding hydrogens is 220 g/mol. The summed E-state index contributed by atoms with van der Waals surface area (Å²) in [5.41, 5.74) is 0.526. The number of hydrogen-bond donors (Lipinski definition) is 0. The highest BCUT2D eigenvalue weighted by Gasteiger charge is 2.07. The van der Waals surface area contributed by atoms with E-state index < -0.39 is 0 Å². The molecule has 1 aromatic rings. The van der Waals surface area contributed by atoms with Gasteiger partial charge in [0.2, 0.25) is 0 Å². The SMILES string of the molecule is CCOC(=O)c1ccc(OC(C)COC)cc1. The molecule has 0 saturated heterocycles. The van der Waals surface area contributed by atoms with Crippen LogP contribution in [0.3, 0.4) is 0 Å². The van der Waals surface area contributed by atoms with Crippen LogP contribution < -0.4 is 4.74 Å². The number of carbonyl (C=O) groups is 1. The van der Waals surface area contributed by atoms with Crippen molar-refractivity contribution in [3.05, 3.63) is 29.8 Å². The van der Waals surface area contributed by atoms with Crippen molar-refractivity contribution >= 4 is 5.97 Å². The Morgan fingerprint density at radius 2 is 1.94 bits per heavy atom. The zero-order valence-electron chi connectivity index (χ0n) is 10.4. The van der Waals surface area contributed by atoms with Gasteiger partial charge in [0.15, 0.2) is 0 Å². The van der Waals surface area contributed by atoms with Crippen molar-refractivity contribution in [3.63, 3.8) is 0 Å². The molecule has 0 saturated carbocycles. The van der Waals surface area contributed by atoms with Crippen LogP contribution in [-0.4, -0.2) is 32.4 Å². The van der Waals surface area contributed by atoms with Crippen molar-refractivity contribution in [2.75, 3.05) is 20.3 Å². The average molecular weight is 238 g/mol. The van der Waals surface area contributed by atoms with Gasteiger partial charge in [0.1, 0.15) is 11.9 Å². The minimum atomic E-state index is -0.316. The minimum Gasteiger partial charge on any atom is -0.488 e. The molecule has 1 atom stereocenters. The summed E-state index contributed by atoms with van der Waals surface area (Å²) >= 11 is 0. The third-order valence-corrected chi connectivity index (χ3v) is 2.10. The quantitative estimate of drug-likeness (QED) is 0.713. The maximum Gasteiger partial charge on any atom is 0.338 e. The molecule has 0 aliphatic carbocycles. The number of hydrogen-bond acceptors (Lipinski definition) is 4. The lowest BCUT2D eigenvalue weighted by molar-refractivity contribution is 0.0526. The van der Waals surface area contributed by atoms with Gasteiger partial charge in [-0.15, -0.1) is 0 Å². The lowest BCUT2D eigenvalue weighted by atomic mass is 10.2. The third kappa shape index (κ3) is 4.44. The molecule has 4 heteroatoms. The lowest BCUT2D eigenvalue weighted by Crippen LogP contribution is -2.17. The summed E-state index contributed by atoms with van der Waals surface area (Å²) in [5, 5.41) is 0. The standard InChI is InChI=1S/C13H18O4/c1-4-16-13(14)11-5-7-12(8-6-11)17-10(2)9-15-3/h5-8,10H,4,9H2,1-3H3. The number of benzene rings is 1. The van der Waals surface area contributed by atoms with Gasteiger partial charge in [-0.1, -0.05) is 0 Å². The first-order valence-corrected chi connectivity index (χ1v) is 5.60. The van der Waals surface area contributed by atoms with Crippen LogP contribution in [0.4, 0.5) is 0 Å².